The minimum Gasteiger partial charge on any atom is -0.508 e. The number of aryl methyl sites for hydroxylation is 2. The van der Waals surface area contributed by atoms with Gasteiger partial charge in [-0.25, -0.2) is 4.98 Å². The highest BCUT2D eigenvalue weighted by Crippen LogP contribution is 2.28. The Bertz CT molecular complexity index is 1130. The summed E-state index contributed by atoms with van der Waals surface area (Å²) in [7, 11) is 0. The second kappa shape index (κ2) is 9.53. The van der Waals surface area contributed by atoms with Crippen LogP contribution in [0.3, 0.4) is 0 Å². The molecule has 32 heavy (non-hydrogen) atoms. The zero-order valence-corrected chi connectivity index (χ0v) is 19.1. The molecule has 7 heteroatoms. The molecule has 1 atom stereocenters. The van der Waals surface area contributed by atoms with Crippen LogP contribution >= 0.6 is 11.3 Å². The lowest BCUT2D eigenvalue weighted by Gasteiger charge is -2.25. The summed E-state index contributed by atoms with van der Waals surface area (Å²) in [6.45, 7) is 4.79. The Morgan fingerprint density at radius 2 is 2.12 bits per heavy atom. The fraction of sp³-hybridized carbons (Fsp3) is 0.320. The van der Waals surface area contributed by atoms with Crippen LogP contribution in [0.4, 0.5) is 0 Å². The highest BCUT2D eigenvalue weighted by Gasteiger charge is 2.35. The Morgan fingerprint density at radius 1 is 1.28 bits per heavy atom. The predicted octanol–water partition coefficient (Wildman–Crippen LogP) is 4.16. The summed E-state index contributed by atoms with van der Waals surface area (Å²) in [6, 6.07) is 4.25. The van der Waals surface area contributed by atoms with Crippen molar-refractivity contribution in [3.8, 4) is 5.75 Å². The van der Waals surface area contributed by atoms with E-state index in [-0.39, 0.29) is 17.6 Å². The Kier molecular flexibility index (Phi) is 6.55. The van der Waals surface area contributed by atoms with Crippen molar-refractivity contribution in [3.63, 3.8) is 0 Å². The number of nitrogens with one attached hydrogen (secondary N) is 1. The number of hydrogen-bond acceptors (Lipinski definition) is 5. The number of benzene rings is 1. The molecule has 0 radical (unpaired) electrons. The van der Waals surface area contributed by atoms with Crippen LogP contribution in [0, 0.1) is 13.8 Å². The van der Waals surface area contributed by atoms with E-state index in [0.29, 0.717) is 25.1 Å². The van der Waals surface area contributed by atoms with Gasteiger partial charge in [-0.2, -0.15) is 0 Å². The zero-order valence-electron chi connectivity index (χ0n) is 18.3. The molecule has 0 bridgehead atoms. The highest BCUT2D eigenvalue weighted by molar-refractivity contribution is 7.10. The molecule has 1 fully saturated rings. The summed E-state index contributed by atoms with van der Waals surface area (Å²) in [5.74, 6) is -0.306. The van der Waals surface area contributed by atoms with Crippen molar-refractivity contribution in [1.82, 2.24) is 15.2 Å². The van der Waals surface area contributed by atoms with E-state index in [2.05, 4.69) is 22.5 Å². The largest absolute Gasteiger partial charge is 0.508 e. The van der Waals surface area contributed by atoms with Gasteiger partial charge in [-0.1, -0.05) is 30.4 Å². The van der Waals surface area contributed by atoms with Crippen LogP contribution in [-0.2, 0) is 4.79 Å². The van der Waals surface area contributed by atoms with E-state index in [1.165, 1.54) is 16.5 Å². The lowest BCUT2D eigenvalue weighted by molar-refractivity contribution is -0.124. The van der Waals surface area contributed by atoms with E-state index in [4.69, 9.17) is 0 Å². The van der Waals surface area contributed by atoms with Crippen LogP contribution in [0.2, 0.25) is 0 Å². The number of hydrogen-bond donors (Lipinski definition) is 2. The van der Waals surface area contributed by atoms with Crippen LogP contribution in [-0.4, -0.2) is 45.9 Å². The number of aromatic nitrogens is 1. The molecule has 1 saturated heterocycles. The normalized spacial score (nSPS) is 18.2. The van der Waals surface area contributed by atoms with E-state index in [0.717, 1.165) is 29.7 Å². The first-order valence-electron chi connectivity index (χ1n) is 10.8. The second-order valence-corrected chi connectivity index (χ2v) is 9.04. The average molecular weight is 450 g/mol. The monoisotopic (exact) mass is 449 g/mol. The molecule has 1 aliphatic carbocycles. The van der Waals surface area contributed by atoms with Gasteiger partial charge in [-0.05, 0) is 62.0 Å². The van der Waals surface area contributed by atoms with Gasteiger partial charge in [-0.3, -0.25) is 9.59 Å². The first-order valence-corrected chi connectivity index (χ1v) is 11.7. The molecule has 0 saturated carbocycles. The third kappa shape index (κ3) is 4.67. The molecule has 0 unspecified atom stereocenters. The molecule has 1 aromatic heterocycles. The maximum absolute atomic E-state index is 13.1. The fourth-order valence-electron chi connectivity index (χ4n) is 4.15. The molecule has 2 heterocycles. The number of aromatic hydroxyl groups is 1. The Balaban J connectivity index is 1.42. The maximum atomic E-state index is 13.1. The summed E-state index contributed by atoms with van der Waals surface area (Å²) in [5, 5.41) is 12.8. The van der Waals surface area contributed by atoms with Crippen LogP contribution in [0.15, 0.2) is 53.6 Å². The minimum atomic E-state index is -0.495. The first-order chi connectivity index (χ1) is 15.4. The molecule has 2 N–H and O–H groups in total. The highest BCUT2D eigenvalue weighted by atomic mass is 32.1. The van der Waals surface area contributed by atoms with Crippen molar-refractivity contribution in [2.24, 2.45) is 0 Å². The number of rotatable bonds is 5. The first kappa shape index (κ1) is 22.0. The zero-order chi connectivity index (χ0) is 22.7. The average Bonchev–Trinajstić information content (AvgIpc) is 3.37. The van der Waals surface area contributed by atoms with Crippen LogP contribution in [0.1, 0.15) is 45.8 Å². The van der Waals surface area contributed by atoms with Crippen molar-refractivity contribution in [2.45, 2.75) is 39.2 Å². The number of nitrogens with zero attached hydrogens (tertiary/aromatic N) is 2. The molecule has 0 spiro atoms. The number of likely N-dealkylation sites (tertiary alicyclic amines) is 1. The molecule has 6 nitrogen and oxygen atoms in total. The van der Waals surface area contributed by atoms with Gasteiger partial charge in [-0.15, -0.1) is 11.3 Å². The van der Waals surface area contributed by atoms with Crippen LogP contribution < -0.4 is 5.32 Å². The van der Waals surface area contributed by atoms with Gasteiger partial charge in [0.2, 0.25) is 5.91 Å². The Hall–Kier alpha value is -3.19. The minimum absolute atomic E-state index is 0.0483. The lowest BCUT2D eigenvalue weighted by Crippen LogP contribution is -2.46. The van der Waals surface area contributed by atoms with Crippen LogP contribution in [0.5, 0.6) is 5.75 Å². The maximum Gasteiger partial charge on any atom is 0.254 e. The van der Waals surface area contributed by atoms with Crippen molar-refractivity contribution < 1.29 is 14.7 Å². The summed E-state index contributed by atoms with van der Waals surface area (Å²) >= 11 is 1.64. The van der Waals surface area contributed by atoms with Gasteiger partial charge in [0.05, 0.1) is 16.1 Å². The van der Waals surface area contributed by atoms with E-state index in [1.54, 1.807) is 28.4 Å². The molecule has 1 aliphatic heterocycles. The number of thiazole rings is 1. The number of amides is 2. The Labute approximate surface area is 192 Å². The smallest absolute Gasteiger partial charge is 0.254 e. The van der Waals surface area contributed by atoms with Gasteiger partial charge >= 0.3 is 0 Å². The molecular formula is C25H27N3O3S. The van der Waals surface area contributed by atoms with Crippen molar-refractivity contribution >= 4 is 28.7 Å². The number of phenols is 1. The topological polar surface area (TPSA) is 82.5 Å². The molecule has 2 aromatic rings. The van der Waals surface area contributed by atoms with Gasteiger partial charge in [0.15, 0.2) is 0 Å². The molecule has 166 valence electrons. The van der Waals surface area contributed by atoms with E-state index < -0.39 is 6.04 Å². The lowest BCUT2D eigenvalue weighted by atomic mass is 10.1. The summed E-state index contributed by atoms with van der Waals surface area (Å²) < 4.78 is 0. The van der Waals surface area contributed by atoms with Crippen LogP contribution in [0.25, 0.3) is 5.57 Å². The molecule has 4 rings (SSSR count). The molecule has 2 amide bonds. The van der Waals surface area contributed by atoms with E-state index in [9.17, 15) is 14.7 Å². The van der Waals surface area contributed by atoms with Gasteiger partial charge in [0, 0.05) is 18.7 Å². The van der Waals surface area contributed by atoms with Crippen molar-refractivity contribution in [2.75, 3.05) is 13.1 Å². The quantitative estimate of drug-likeness (QED) is 0.718. The van der Waals surface area contributed by atoms with Gasteiger partial charge in [0.1, 0.15) is 11.8 Å². The molecule has 1 aromatic carbocycles. The second-order valence-electron chi connectivity index (χ2n) is 8.18. The van der Waals surface area contributed by atoms with Crippen molar-refractivity contribution in [1.29, 1.82) is 0 Å². The number of carbonyl (C=O) groups excluding carboxylic acids is 2. The SMILES string of the molecule is Cc1ccc(O)cc1C(=O)N1CCC[C@H]1C(=O)NCC1=CC=C(c2scnc2C)CC=C1. The molecule has 2 aliphatic rings. The van der Waals surface area contributed by atoms with E-state index >= 15 is 0 Å². The van der Waals surface area contributed by atoms with E-state index in [1.807, 2.05) is 31.5 Å². The Morgan fingerprint density at radius 3 is 2.91 bits per heavy atom. The third-order valence-corrected chi connectivity index (χ3v) is 6.94. The summed E-state index contributed by atoms with van der Waals surface area (Å²) in [6.07, 6.45) is 10.5. The number of carbonyl (C=O) groups is 2. The number of allylic oxidation sites excluding steroid dienone is 4. The standard InChI is InChI=1S/C25H27N3O3S/c1-16-8-11-20(29)13-21(16)25(31)28-12-4-7-22(28)24(30)26-14-18-5-3-6-19(10-9-18)23-17(2)27-15-32-23/h3,5,8-11,13,15,22,29H,4,6-7,12,14H2,1-2H3,(H,26,30)/t22-/m0/s1. The van der Waals surface area contributed by atoms with Gasteiger partial charge in [0.25, 0.3) is 5.91 Å². The fourth-order valence-corrected chi connectivity index (χ4v) is 4.99. The summed E-state index contributed by atoms with van der Waals surface area (Å²) in [4.78, 5) is 33.1. The third-order valence-electron chi connectivity index (χ3n) is 5.94. The van der Waals surface area contributed by atoms with Crippen molar-refractivity contribution in [3.05, 3.63) is 75.3 Å². The number of phenolic OH excluding ortho intramolecular Hbond substituents is 1. The predicted molar refractivity (Wildman–Crippen MR) is 127 cm³/mol. The molecular weight excluding hydrogens is 422 g/mol. The van der Waals surface area contributed by atoms with Gasteiger partial charge < -0.3 is 15.3 Å². The summed E-state index contributed by atoms with van der Waals surface area (Å²) in [5.41, 5.74) is 6.35.